The quantitative estimate of drug-likeness (QED) is 0.678. The number of fused-ring (bicyclic) bond motifs is 1. The van der Waals surface area contributed by atoms with Crippen LogP contribution in [0, 0.1) is 0 Å². The van der Waals surface area contributed by atoms with Crippen molar-refractivity contribution in [3.05, 3.63) is 54.4 Å². The van der Waals surface area contributed by atoms with E-state index in [1.807, 2.05) is 6.07 Å². The topological polar surface area (TPSA) is 43.8 Å². The second-order valence-electron chi connectivity index (χ2n) is 5.64. The van der Waals surface area contributed by atoms with Gasteiger partial charge in [-0.2, -0.15) is 0 Å². The molecule has 3 rings (SSSR count). The molecule has 0 bridgehead atoms. The standard InChI is InChI=1S/C19H23N3.2ClH/c1-2-3-13-22-18-14-16(15-7-5-4-6-8-15)9-10-17(18)21-19(22)11-12-20;;/h4-10,14H,2-3,11-13,20H2,1H3;2*1H. The molecular weight excluding hydrogens is 341 g/mol. The third-order valence-electron chi connectivity index (χ3n) is 4.04. The first kappa shape index (κ1) is 20.5. The molecule has 0 amide bonds. The predicted octanol–water partition coefficient (Wildman–Crippen LogP) is 4.85. The van der Waals surface area contributed by atoms with Gasteiger partial charge in [-0.1, -0.05) is 49.7 Å². The highest BCUT2D eigenvalue weighted by atomic mass is 35.5. The summed E-state index contributed by atoms with van der Waals surface area (Å²) in [5.41, 5.74) is 10.5. The van der Waals surface area contributed by atoms with Gasteiger partial charge in [0.1, 0.15) is 5.82 Å². The van der Waals surface area contributed by atoms with Crippen molar-refractivity contribution in [2.45, 2.75) is 32.7 Å². The summed E-state index contributed by atoms with van der Waals surface area (Å²) >= 11 is 0. The van der Waals surface area contributed by atoms with Crippen LogP contribution in [0.3, 0.4) is 0 Å². The molecule has 2 N–H and O–H groups in total. The Morgan fingerprint density at radius 3 is 2.42 bits per heavy atom. The van der Waals surface area contributed by atoms with E-state index in [1.165, 1.54) is 29.5 Å². The van der Waals surface area contributed by atoms with Crippen molar-refractivity contribution in [2.75, 3.05) is 6.54 Å². The Hall–Kier alpha value is -1.55. The zero-order valence-corrected chi connectivity index (χ0v) is 15.6. The van der Waals surface area contributed by atoms with E-state index in [1.54, 1.807) is 0 Å². The number of hydrogen-bond acceptors (Lipinski definition) is 2. The van der Waals surface area contributed by atoms with Crippen LogP contribution in [0.4, 0.5) is 0 Å². The lowest BCUT2D eigenvalue weighted by Gasteiger charge is -2.09. The lowest BCUT2D eigenvalue weighted by molar-refractivity contribution is 0.615. The first-order valence-electron chi connectivity index (χ1n) is 8.08. The van der Waals surface area contributed by atoms with Crippen LogP contribution in [0.5, 0.6) is 0 Å². The highest BCUT2D eigenvalue weighted by Gasteiger charge is 2.11. The monoisotopic (exact) mass is 365 g/mol. The van der Waals surface area contributed by atoms with E-state index in [9.17, 15) is 0 Å². The molecule has 24 heavy (non-hydrogen) atoms. The lowest BCUT2D eigenvalue weighted by atomic mass is 10.1. The Balaban J connectivity index is 0.00000144. The molecule has 130 valence electrons. The van der Waals surface area contributed by atoms with Crippen molar-refractivity contribution in [3.63, 3.8) is 0 Å². The molecule has 0 atom stereocenters. The van der Waals surface area contributed by atoms with E-state index >= 15 is 0 Å². The van der Waals surface area contributed by atoms with Crippen molar-refractivity contribution in [1.82, 2.24) is 9.55 Å². The summed E-state index contributed by atoms with van der Waals surface area (Å²) in [5.74, 6) is 1.11. The molecule has 0 saturated carbocycles. The maximum absolute atomic E-state index is 5.75. The van der Waals surface area contributed by atoms with E-state index in [4.69, 9.17) is 10.7 Å². The second-order valence-corrected chi connectivity index (χ2v) is 5.64. The molecular formula is C19H25Cl2N3. The van der Waals surface area contributed by atoms with Crippen molar-refractivity contribution in [1.29, 1.82) is 0 Å². The van der Waals surface area contributed by atoms with E-state index in [0.29, 0.717) is 6.54 Å². The average molecular weight is 366 g/mol. The van der Waals surface area contributed by atoms with Crippen LogP contribution in [0.25, 0.3) is 22.2 Å². The maximum Gasteiger partial charge on any atom is 0.111 e. The number of benzene rings is 2. The second kappa shape index (κ2) is 9.67. The van der Waals surface area contributed by atoms with Gasteiger partial charge in [-0.25, -0.2) is 4.98 Å². The van der Waals surface area contributed by atoms with Crippen molar-refractivity contribution in [3.8, 4) is 11.1 Å². The molecule has 3 nitrogen and oxygen atoms in total. The van der Waals surface area contributed by atoms with E-state index < -0.39 is 0 Å². The lowest BCUT2D eigenvalue weighted by Crippen LogP contribution is -2.10. The van der Waals surface area contributed by atoms with Gasteiger partial charge in [-0.15, -0.1) is 24.8 Å². The Morgan fingerprint density at radius 1 is 1.00 bits per heavy atom. The summed E-state index contributed by atoms with van der Waals surface area (Å²) in [6.45, 7) is 3.87. The maximum atomic E-state index is 5.75. The number of rotatable bonds is 6. The Kier molecular flexibility index (Phi) is 8.26. The average Bonchev–Trinajstić information content (AvgIpc) is 2.90. The first-order chi connectivity index (χ1) is 10.8. The number of hydrogen-bond donors (Lipinski definition) is 1. The largest absolute Gasteiger partial charge is 0.330 e. The zero-order valence-electron chi connectivity index (χ0n) is 13.9. The van der Waals surface area contributed by atoms with Gasteiger partial charge in [0.15, 0.2) is 0 Å². The predicted molar refractivity (Wildman–Crippen MR) is 107 cm³/mol. The SMILES string of the molecule is CCCCn1c(CCN)nc2ccc(-c3ccccc3)cc21.Cl.Cl. The van der Waals surface area contributed by atoms with Crippen molar-refractivity contribution < 1.29 is 0 Å². The van der Waals surface area contributed by atoms with Gasteiger partial charge in [0.25, 0.3) is 0 Å². The Morgan fingerprint density at radius 2 is 1.75 bits per heavy atom. The fourth-order valence-corrected chi connectivity index (χ4v) is 2.87. The minimum atomic E-state index is 0. The fraction of sp³-hybridized carbons (Fsp3) is 0.316. The normalized spacial score (nSPS) is 10.2. The number of imidazole rings is 1. The van der Waals surface area contributed by atoms with Crippen LogP contribution < -0.4 is 5.73 Å². The highest BCUT2D eigenvalue weighted by molar-refractivity contribution is 5.85. The van der Waals surface area contributed by atoms with Gasteiger partial charge in [0, 0.05) is 13.0 Å². The molecule has 0 aliphatic carbocycles. The molecule has 0 saturated heterocycles. The van der Waals surface area contributed by atoms with Crippen LogP contribution in [0.1, 0.15) is 25.6 Å². The summed E-state index contributed by atoms with van der Waals surface area (Å²) < 4.78 is 2.35. The molecule has 0 fully saturated rings. The number of unbranched alkanes of at least 4 members (excludes halogenated alkanes) is 1. The summed E-state index contributed by atoms with van der Waals surface area (Å²) in [6.07, 6.45) is 3.18. The van der Waals surface area contributed by atoms with Gasteiger partial charge >= 0.3 is 0 Å². The van der Waals surface area contributed by atoms with E-state index in [-0.39, 0.29) is 24.8 Å². The summed E-state index contributed by atoms with van der Waals surface area (Å²) in [6, 6.07) is 17.0. The third kappa shape index (κ3) is 4.29. The molecule has 0 spiro atoms. The van der Waals surface area contributed by atoms with Gasteiger partial charge in [-0.05, 0) is 36.2 Å². The minimum Gasteiger partial charge on any atom is -0.330 e. The van der Waals surface area contributed by atoms with Crippen LogP contribution in [-0.4, -0.2) is 16.1 Å². The zero-order chi connectivity index (χ0) is 15.4. The first-order valence-corrected chi connectivity index (χ1v) is 8.08. The summed E-state index contributed by atoms with van der Waals surface area (Å²) in [4.78, 5) is 4.77. The van der Waals surface area contributed by atoms with E-state index in [0.717, 1.165) is 24.3 Å². The number of nitrogens with two attached hydrogens (primary N) is 1. The Bertz CT molecular complexity index is 754. The van der Waals surface area contributed by atoms with Gasteiger partial charge < -0.3 is 10.3 Å². The van der Waals surface area contributed by atoms with Crippen LogP contribution in [-0.2, 0) is 13.0 Å². The van der Waals surface area contributed by atoms with Gasteiger partial charge in [-0.3, -0.25) is 0 Å². The summed E-state index contributed by atoms with van der Waals surface area (Å²) in [5, 5.41) is 0. The number of aryl methyl sites for hydroxylation is 1. The van der Waals surface area contributed by atoms with Gasteiger partial charge in [0.2, 0.25) is 0 Å². The number of nitrogens with zero attached hydrogens (tertiary/aromatic N) is 2. The molecule has 1 heterocycles. The van der Waals surface area contributed by atoms with Crippen molar-refractivity contribution >= 4 is 35.8 Å². The van der Waals surface area contributed by atoms with Crippen LogP contribution >= 0.6 is 24.8 Å². The number of aromatic nitrogens is 2. The highest BCUT2D eigenvalue weighted by Crippen LogP contribution is 2.25. The molecule has 2 aromatic carbocycles. The smallest absolute Gasteiger partial charge is 0.111 e. The van der Waals surface area contributed by atoms with Crippen LogP contribution in [0.2, 0.25) is 0 Å². The number of halogens is 2. The third-order valence-corrected chi connectivity index (χ3v) is 4.04. The van der Waals surface area contributed by atoms with Crippen molar-refractivity contribution in [2.24, 2.45) is 5.73 Å². The molecule has 0 aliphatic rings. The molecule has 1 aromatic heterocycles. The minimum absolute atomic E-state index is 0. The van der Waals surface area contributed by atoms with Crippen LogP contribution in [0.15, 0.2) is 48.5 Å². The fourth-order valence-electron chi connectivity index (χ4n) is 2.87. The molecule has 0 aliphatic heterocycles. The molecule has 5 heteroatoms. The summed E-state index contributed by atoms with van der Waals surface area (Å²) in [7, 11) is 0. The molecule has 0 unspecified atom stereocenters. The van der Waals surface area contributed by atoms with E-state index in [2.05, 4.69) is 54.0 Å². The molecule has 3 aromatic rings. The molecule has 0 radical (unpaired) electrons. The van der Waals surface area contributed by atoms with Gasteiger partial charge in [0.05, 0.1) is 11.0 Å². The Labute approximate surface area is 156 Å².